The van der Waals surface area contributed by atoms with Crippen molar-refractivity contribution in [3.8, 4) is 0 Å². The maximum atomic E-state index is 13.4. The van der Waals surface area contributed by atoms with Crippen molar-refractivity contribution in [3.63, 3.8) is 0 Å². The van der Waals surface area contributed by atoms with Crippen LogP contribution >= 0.6 is 0 Å². The van der Waals surface area contributed by atoms with Crippen LogP contribution in [0.4, 0.5) is 13.2 Å². The van der Waals surface area contributed by atoms with Gasteiger partial charge in [-0.3, -0.25) is 0 Å². The van der Waals surface area contributed by atoms with Gasteiger partial charge in [0.15, 0.2) is 0 Å². The largest absolute Gasteiger partial charge is 0.313 e. The highest BCUT2D eigenvalue weighted by atomic mass is 19.3. The highest BCUT2D eigenvalue weighted by molar-refractivity contribution is 5.28. The molecule has 1 atom stereocenters. The van der Waals surface area contributed by atoms with Crippen LogP contribution in [-0.4, -0.2) is 7.05 Å². The van der Waals surface area contributed by atoms with E-state index in [4.69, 9.17) is 0 Å². The van der Waals surface area contributed by atoms with Gasteiger partial charge in [0.05, 0.1) is 5.56 Å². The third kappa shape index (κ3) is 2.07. The van der Waals surface area contributed by atoms with Crippen molar-refractivity contribution in [3.05, 3.63) is 35.1 Å². The van der Waals surface area contributed by atoms with E-state index >= 15 is 0 Å². The molecule has 78 valence electrons. The monoisotopic (exact) mass is 203 g/mol. The van der Waals surface area contributed by atoms with Crippen molar-refractivity contribution in [1.82, 2.24) is 5.32 Å². The van der Waals surface area contributed by atoms with E-state index in [9.17, 15) is 13.2 Å². The number of nitrogens with one attached hydrogen (secondary N) is 1. The molecule has 4 heteroatoms. The first-order valence-electron chi connectivity index (χ1n) is 4.31. The zero-order chi connectivity index (χ0) is 10.7. The van der Waals surface area contributed by atoms with Gasteiger partial charge in [0.25, 0.3) is 6.43 Å². The summed E-state index contributed by atoms with van der Waals surface area (Å²) in [6.07, 6.45) is -2.76. The highest BCUT2D eigenvalue weighted by Crippen LogP contribution is 2.26. The average molecular weight is 203 g/mol. The number of alkyl halides is 2. The van der Waals surface area contributed by atoms with Gasteiger partial charge in [-0.15, -0.1) is 0 Å². The first-order chi connectivity index (χ1) is 6.57. The lowest BCUT2D eigenvalue weighted by Gasteiger charge is -2.13. The van der Waals surface area contributed by atoms with Gasteiger partial charge < -0.3 is 5.32 Å². The van der Waals surface area contributed by atoms with Crippen LogP contribution in [0, 0.1) is 5.82 Å². The van der Waals surface area contributed by atoms with E-state index in [0.29, 0.717) is 0 Å². The van der Waals surface area contributed by atoms with E-state index in [-0.39, 0.29) is 11.6 Å². The molecule has 1 N–H and O–H groups in total. The van der Waals surface area contributed by atoms with Gasteiger partial charge in [-0.2, -0.15) is 0 Å². The van der Waals surface area contributed by atoms with E-state index in [0.717, 1.165) is 6.07 Å². The zero-order valence-corrected chi connectivity index (χ0v) is 8.02. The van der Waals surface area contributed by atoms with Gasteiger partial charge in [0.1, 0.15) is 5.82 Å². The van der Waals surface area contributed by atoms with Crippen LogP contribution in [0.15, 0.2) is 18.2 Å². The van der Waals surface area contributed by atoms with Crippen LogP contribution in [0.5, 0.6) is 0 Å². The molecule has 0 aliphatic rings. The molecule has 1 aromatic rings. The topological polar surface area (TPSA) is 12.0 Å². The van der Waals surface area contributed by atoms with Crippen LogP contribution in [-0.2, 0) is 0 Å². The fraction of sp³-hybridized carbons (Fsp3) is 0.400. The maximum Gasteiger partial charge on any atom is 0.266 e. The number of halogens is 3. The Hall–Kier alpha value is -1.03. The molecule has 0 unspecified atom stereocenters. The third-order valence-corrected chi connectivity index (χ3v) is 2.19. The Morgan fingerprint density at radius 1 is 1.21 bits per heavy atom. The maximum absolute atomic E-state index is 13.4. The minimum atomic E-state index is -2.76. The summed E-state index contributed by atoms with van der Waals surface area (Å²) in [7, 11) is 1.65. The van der Waals surface area contributed by atoms with E-state index < -0.39 is 17.8 Å². The molecule has 0 aliphatic heterocycles. The summed E-state index contributed by atoms with van der Waals surface area (Å²) in [6.45, 7) is 1.72. The van der Waals surface area contributed by atoms with Gasteiger partial charge >= 0.3 is 0 Å². The van der Waals surface area contributed by atoms with Gasteiger partial charge in [-0.25, -0.2) is 13.2 Å². The van der Waals surface area contributed by atoms with Crippen molar-refractivity contribution < 1.29 is 13.2 Å². The molecule has 0 spiro atoms. The van der Waals surface area contributed by atoms with E-state index in [1.165, 1.54) is 12.1 Å². The van der Waals surface area contributed by atoms with Crippen molar-refractivity contribution in [1.29, 1.82) is 0 Å². The Balaban J connectivity index is 3.13. The average Bonchev–Trinajstić information content (AvgIpc) is 2.16. The lowest BCUT2D eigenvalue weighted by atomic mass is 10.0. The van der Waals surface area contributed by atoms with Crippen LogP contribution in [0.25, 0.3) is 0 Å². The first-order valence-corrected chi connectivity index (χ1v) is 4.31. The van der Waals surface area contributed by atoms with Gasteiger partial charge in [0.2, 0.25) is 0 Å². The van der Waals surface area contributed by atoms with Crippen LogP contribution in [0.2, 0.25) is 0 Å². The molecule has 0 aromatic heterocycles. The smallest absolute Gasteiger partial charge is 0.266 e. The van der Waals surface area contributed by atoms with Crippen molar-refractivity contribution in [2.24, 2.45) is 0 Å². The summed E-state index contributed by atoms with van der Waals surface area (Å²) in [5.74, 6) is -0.815. The van der Waals surface area contributed by atoms with Gasteiger partial charge in [-0.05, 0) is 14.0 Å². The molecule has 0 aliphatic carbocycles. The molecule has 1 rings (SSSR count). The van der Waals surface area contributed by atoms with E-state index in [1.807, 2.05) is 0 Å². The Morgan fingerprint density at radius 3 is 2.29 bits per heavy atom. The minimum absolute atomic E-state index is 0.269. The molecule has 0 bridgehead atoms. The standard InChI is InChI=1S/C10H12F3N/c1-6(14-2)7-4-3-5-8(9(7)11)10(12)13/h3-6,10,14H,1-2H3/t6-/m1/s1. The molecule has 1 nitrogen and oxygen atoms in total. The number of rotatable bonds is 3. The summed E-state index contributed by atoms with van der Waals surface area (Å²) >= 11 is 0. The quantitative estimate of drug-likeness (QED) is 0.796. The summed E-state index contributed by atoms with van der Waals surface area (Å²) in [5, 5.41) is 2.80. The summed E-state index contributed by atoms with van der Waals surface area (Å²) in [4.78, 5) is 0. The van der Waals surface area contributed by atoms with Crippen LogP contribution in [0.1, 0.15) is 30.5 Å². The Labute approximate surface area is 80.9 Å². The van der Waals surface area contributed by atoms with Crippen molar-refractivity contribution >= 4 is 0 Å². The molecular formula is C10H12F3N. The molecule has 0 radical (unpaired) electrons. The molecule has 0 saturated heterocycles. The van der Waals surface area contributed by atoms with Crippen LogP contribution < -0.4 is 5.32 Å². The molecule has 1 aromatic carbocycles. The predicted molar refractivity (Wildman–Crippen MR) is 48.8 cm³/mol. The normalized spacial score (nSPS) is 13.3. The molecular weight excluding hydrogens is 191 g/mol. The number of hydrogen-bond donors (Lipinski definition) is 1. The molecule has 0 fully saturated rings. The van der Waals surface area contributed by atoms with Gasteiger partial charge in [0, 0.05) is 11.6 Å². The van der Waals surface area contributed by atoms with E-state index in [2.05, 4.69) is 5.32 Å². The lowest BCUT2D eigenvalue weighted by molar-refractivity contribution is 0.146. The number of hydrogen-bond acceptors (Lipinski definition) is 1. The predicted octanol–water partition coefficient (Wildman–Crippen LogP) is 3.04. The summed E-state index contributed by atoms with van der Waals surface area (Å²) in [5.41, 5.74) is -0.269. The highest BCUT2D eigenvalue weighted by Gasteiger charge is 2.18. The minimum Gasteiger partial charge on any atom is -0.313 e. The number of benzene rings is 1. The second kappa shape index (κ2) is 4.46. The molecule has 0 saturated carbocycles. The Kier molecular flexibility index (Phi) is 3.52. The Bertz CT molecular complexity index is 312. The second-order valence-corrected chi connectivity index (χ2v) is 3.06. The van der Waals surface area contributed by atoms with Gasteiger partial charge in [-0.1, -0.05) is 18.2 Å². The van der Waals surface area contributed by atoms with Crippen molar-refractivity contribution in [2.75, 3.05) is 7.05 Å². The van der Waals surface area contributed by atoms with E-state index in [1.54, 1.807) is 14.0 Å². The molecule has 14 heavy (non-hydrogen) atoms. The second-order valence-electron chi connectivity index (χ2n) is 3.06. The first kappa shape index (κ1) is 11.0. The summed E-state index contributed by atoms with van der Waals surface area (Å²) in [6, 6.07) is 3.77. The fourth-order valence-corrected chi connectivity index (χ4v) is 1.23. The lowest BCUT2D eigenvalue weighted by Crippen LogP contribution is -2.14. The zero-order valence-electron chi connectivity index (χ0n) is 8.02. The summed E-state index contributed by atoms with van der Waals surface area (Å²) < 4.78 is 38.1. The van der Waals surface area contributed by atoms with Crippen LogP contribution in [0.3, 0.4) is 0 Å². The third-order valence-electron chi connectivity index (χ3n) is 2.19. The Morgan fingerprint density at radius 2 is 1.79 bits per heavy atom. The SMILES string of the molecule is CN[C@H](C)c1cccc(C(F)F)c1F. The molecule has 0 heterocycles. The fourth-order valence-electron chi connectivity index (χ4n) is 1.23. The van der Waals surface area contributed by atoms with Crippen molar-refractivity contribution in [2.45, 2.75) is 19.4 Å². The molecule has 0 amide bonds.